The standard InChI is InChI=1S/C18H22N2O3/c1-11(2)14-7-15(12(3)4)17(21)16(8-14)18(22)20-19-9-13-5-6-23-10-13/h5-12,21H,1-4H3,(H,20,22). The summed E-state index contributed by atoms with van der Waals surface area (Å²) in [5.74, 6) is -0.0455. The van der Waals surface area contributed by atoms with E-state index in [2.05, 4.69) is 24.4 Å². The van der Waals surface area contributed by atoms with E-state index in [4.69, 9.17) is 4.42 Å². The summed E-state index contributed by atoms with van der Waals surface area (Å²) in [7, 11) is 0. The molecule has 0 saturated heterocycles. The van der Waals surface area contributed by atoms with Gasteiger partial charge in [-0.3, -0.25) is 4.79 Å². The Morgan fingerprint density at radius 3 is 2.57 bits per heavy atom. The van der Waals surface area contributed by atoms with Crippen molar-refractivity contribution in [2.24, 2.45) is 5.10 Å². The molecule has 5 nitrogen and oxygen atoms in total. The fourth-order valence-electron chi connectivity index (χ4n) is 2.20. The second-order valence-corrected chi connectivity index (χ2v) is 6.07. The van der Waals surface area contributed by atoms with E-state index < -0.39 is 5.91 Å². The number of nitrogens with zero attached hydrogens (tertiary/aromatic N) is 1. The number of phenolic OH excluding ortho intramolecular Hbond substituents is 1. The molecule has 0 unspecified atom stereocenters. The van der Waals surface area contributed by atoms with E-state index in [9.17, 15) is 9.90 Å². The van der Waals surface area contributed by atoms with Crippen LogP contribution < -0.4 is 5.43 Å². The van der Waals surface area contributed by atoms with Crippen molar-refractivity contribution in [2.75, 3.05) is 0 Å². The van der Waals surface area contributed by atoms with E-state index in [1.54, 1.807) is 12.1 Å². The predicted molar refractivity (Wildman–Crippen MR) is 90.1 cm³/mol. The van der Waals surface area contributed by atoms with Crippen molar-refractivity contribution < 1.29 is 14.3 Å². The smallest absolute Gasteiger partial charge is 0.275 e. The summed E-state index contributed by atoms with van der Waals surface area (Å²) < 4.78 is 4.92. The Morgan fingerprint density at radius 1 is 1.26 bits per heavy atom. The fourth-order valence-corrected chi connectivity index (χ4v) is 2.20. The van der Waals surface area contributed by atoms with Crippen LogP contribution in [0.4, 0.5) is 0 Å². The Hall–Kier alpha value is -2.56. The van der Waals surface area contributed by atoms with Crippen molar-refractivity contribution >= 4 is 12.1 Å². The lowest BCUT2D eigenvalue weighted by Gasteiger charge is -2.16. The molecule has 1 aromatic heterocycles. The lowest BCUT2D eigenvalue weighted by atomic mass is 9.92. The molecule has 2 rings (SSSR count). The van der Waals surface area contributed by atoms with Gasteiger partial charge in [-0.1, -0.05) is 33.8 Å². The Labute approximate surface area is 136 Å². The Morgan fingerprint density at radius 2 is 2.00 bits per heavy atom. The molecule has 2 aromatic rings. The first-order valence-corrected chi connectivity index (χ1v) is 7.62. The number of benzene rings is 1. The van der Waals surface area contributed by atoms with Crippen LogP contribution in [0.25, 0.3) is 0 Å². The van der Waals surface area contributed by atoms with Crippen molar-refractivity contribution in [3.05, 3.63) is 53.0 Å². The van der Waals surface area contributed by atoms with Crippen LogP contribution in [-0.2, 0) is 0 Å². The summed E-state index contributed by atoms with van der Waals surface area (Å²) in [5, 5.41) is 14.3. The van der Waals surface area contributed by atoms with Crippen LogP contribution in [0, 0.1) is 0 Å². The van der Waals surface area contributed by atoms with Gasteiger partial charge in [0.25, 0.3) is 5.91 Å². The SMILES string of the molecule is CC(C)c1cc(C(=O)NN=Cc2ccoc2)c(O)c(C(C)C)c1. The van der Waals surface area contributed by atoms with Crippen LogP contribution in [-0.4, -0.2) is 17.2 Å². The van der Waals surface area contributed by atoms with Gasteiger partial charge >= 0.3 is 0 Å². The number of hydrogen-bond donors (Lipinski definition) is 2. The van der Waals surface area contributed by atoms with Gasteiger partial charge in [0.15, 0.2) is 0 Å². The predicted octanol–water partition coefficient (Wildman–Crippen LogP) is 4.00. The van der Waals surface area contributed by atoms with E-state index in [1.807, 2.05) is 19.9 Å². The zero-order valence-electron chi connectivity index (χ0n) is 13.8. The van der Waals surface area contributed by atoms with Crippen LogP contribution in [0.5, 0.6) is 5.75 Å². The molecule has 5 heteroatoms. The quantitative estimate of drug-likeness (QED) is 0.647. The highest BCUT2D eigenvalue weighted by atomic mass is 16.3. The average Bonchev–Trinajstić information content (AvgIpc) is 3.00. The van der Waals surface area contributed by atoms with Gasteiger partial charge in [-0.05, 0) is 35.1 Å². The molecule has 2 N–H and O–H groups in total. The van der Waals surface area contributed by atoms with Gasteiger partial charge in [-0.15, -0.1) is 0 Å². The normalized spacial score (nSPS) is 11.6. The third-order valence-electron chi connectivity index (χ3n) is 3.62. The van der Waals surface area contributed by atoms with Crippen LogP contribution >= 0.6 is 0 Å². The minimum Gasteiger partial charge on any atom is -0.507 e. The topological polar surface area (TPSA) is 74.8 Å². The summed E-state index contributed by atoms with van der Waals surface area (Å²) in [5.41, 5.74) is 5.20. The zero-order chi connectivity index (χ0) is 17.0. The first kappa shape index (κ1) is 16.8. The number of hydrogen-bond acceptors (Lipinski definition) is 4. The number of nitrogens with one attached hydrogen (secondary N) is 1. The summed E-state index contributed by atoms with van der Waals surface area (Å²) >= 11 is 0. The van der Waals surface area contributed by atoms with Crippen molar-refractivity contribution in [2.45, 2.75) is 39.5 Å². The van der Waals surface area contributed by atoms with Crippen LogP contribution in [0.3, 0.4) is 0 Å². The zero-order valence-corrected chi connectivity index (χ0v) is 13.8. The van der Waals surface area contributed by atoms with Gasteiger partial charge in [0.2, 0.25) is 0 Å². The number of carbonyl (C=O) groups is 1. The molecule has 1 amide bonds. The van der Waals surface area contributed by atoms with Crippen LogP contribution in [0.2, 0.25) is 0 Å². The Bertz CT molecular complexity index is 701. The van der Waals surface area contributed by atoms with Gasteiger partial charge in [0, 0.05) is 5.56 Å². The van der Waals surface area contributed by atoms with E-state index in [-0.39, 0.29) is 23.1 Å². The number of amides is 1. The average molecular weight is 314 g/mol. The van der Waals surface area contributed by atoms with Gasteiger partial charge in [0.1, 0.15) is 5.75 Å². The molecule has 1 heterocycles. The van der Waals surface area contributed by atoms with E-state index in [1.165, 1.54) is 18.7 Å². The molecule has 0 bridgehead atoms. The van der Waals surface area contributed by atoms with Crippen molar-refractivity contribution in [3.63, 3.8) is 0 Å². The molecule has 0 radical (unpaired) electrons. The van der Waals surface area contributed by atoms with Crippen LogP contribution in [0.1, 0.15) is 66.6 Å². The number of hydrazone groups is 1. The monoisotopic (exact) mass is 314 g/mol. The van der Waals surface area contributed by atoms with Crippen molar-refractivity contribution in [1.29, 1.82) is 0 Å². The second kappa shape index (κ2) is 7.13. The Kier molecular flexibility index (Phi) is 5.21. The summed E-state index contributed by atoms with van der Waals surface area (Å²) in [6.45, 7) is 8.07. The molecule has 0 spiro atoms. The summed E-state index contributed by atoms with van der Waals surface area (Å²) in [6.07, 6.45) is 4.52. The van der Waals surface area contributed by atoms with Crippen molar-refractivity contribution in [3.8, 4) is 5.75 Å². The first-order chi connectivity index (χ1) is 10.9. The Balaban J connectivity index is 2.28. The van der Waals surface area contributed by atoms with E-state index in [0.717, 1.165) is 16.7 Å². The van der Waals surface area contributed by atoms with Crippen molar-refractivity contribution in [1.82, 2.24) is 5.43 Å². The van der Waals surface area contributed by atoms with Gasteiger partial charge in [-0.2, -0.15) is 5.10 Å². The fraction of sp³-hybridized carbons (Fsp3) is 0.333. The van der Waals surface area contributed by atoms with Crippen LogP contribution in [0.15, 0.2) is 40.2 Å². The molecule has 0 aliphatic heterocycles. The first-order valence-electron chi connectivity index (χ1n) is 7.62. The molecular weight excluding hydrogens is 292 g/mol. The largest absolute Gasteiger partial charge is 0.507 e. The minimum absolute atomic E-state index is 0.0143. The molecular formula is C18H22N2O3. The number of furan rings is 1. The van der Waals surface area contributed by atoms with E-state index in [0.29, 0.717) is 0 Å². The molecule has 122 valence electrons. The second-order valence-electron chi connectivity index (χ2n) is 6.07. The number of phenols is 1. The third-order valence-corrected chi connectivity index (χ3v) is 3.62. The lowest BCUT2D eigenvalue weighted by Crippen LogP contribution is -2.18. The molecule has 0 fully saturated rings. The molecule has 0 atom stereocenters. The number of carbonyl (C=O) groups excluding carboxylic acids is 1. The van der Waals surface area contributed by atoms with Gasteiger partial charge in [-0.25, -0.2) is 5.43 Å². The minimum atomic E-state index is -0.438. The number of rotatable bonds is 5. The van der Waals surface area contributed by atoms with E-state index >= 15 is 0 Å². The van der Waals surface area contributed by atoms with Gasteiger partial charge in [0.05, 0.1) is 24.3 Å². The maximum atomic E-state index is 12.3. The summed E-state index contributed by atoms with van der Waals surface area (Å²) in [4.78, 5) is 12.3. The summed E-state index contributed by atoms with van der Waals surface area (Å²) in [6, 6.07) is 5.40. The highest BCUT2D eigenvalue weighted by Crippen LogP contribution is 2.32. The van der Waals surface area contributed by atoms with Gasteiger partial charge < -0.3 is 9.52 Å². The third kappa shape index (κ3) is 4.00. The highest BCUT2D eigenvalue weighted by Gasteiger charge is 2.18. The molecule has 1 aromatic carbocycles. The molecule has 0 aliphatic rings. The number of aromatic hydroxyl groups is 1. The lowest BCUT2D eigenvalue weighted by molar-refractivity contribution is 0.0952. The highest BCUT2D eigenvalue weighted by molar-refractivity contribution is 5.98. The maximum absolute atomic E-state index is 12.3. The molecule has 0 aliphatic carbocycles. The molecule has 23 heavy (non-hydrogen) atoms. The maximum Gasteiger partial charge on any atom is 0.275 e. The molecule has 0 saturated carbocycles.